The van der Waals surface area contributed by atoms with Gasteiger partial charge in [0.1, 0.15) is 5.56 Å². The van der Waals surface area contributed by atoms with Crippen LogP contribution in [0.5, 0.6) is 0 Å². The van der Waals surface area contributed by atoms with Gasteiger partial charge in [-0.25, -0.2) is 0 Å². The van der Waals surface area contributed by atoms with E-state index >= 15 is 0 Å². The average molecular weight is 294 g/mol. The number of nitrogens with zero attached hydrogens (tertiary/aromatic N) is 1. The Kier molecular flexibility index (Phi) is 3.67. The van der Waals surface area contributed by atoms with Crippen LogP contribution in [-0.2, 0) is 0 Å². The number of fused-ring (bicyclic) bond motifs is 1. The molecule has 0 spiro atoms. The molecule has 0 bridgehead atoms. The molecule has 0 aliphatic rings. The van der Waals surface area contributed by atoms with E-state index in [-0.39, 0.29) is 11.8 Å². The van der Waals surface area contributed by atoms with E-state index in [0.29, 0.717) is 17.0 Å². The number of nitrogens with one attached hydrogen (secondary N) is 1. The second kappa shape index (κ2) is 5.64. The van der Waals surface area contributed by atoms with E-state index in [9.17, 15) is 4.79 Å². The zero-order chi connectivity index (χ0) is 15.7. The lowest BCUT2D eigenvalue weighted by molar-refractivity contribution is 0.102. The van der Waals surface area contributed by atoms with Crippen molar-refractivity contribution in [1.82, 2.24) is 5.16 Å². The summed E-state index contributed by atoms with van der Waals surface area (Å²) in [5.41, 5.74) is 1.93. The monoisotopic (exact) mass is 294 g/mol. The molecule has 0 aliphatic carbocycles. The van der Waals surface area contributed by atoms with Crippen LogP contribution in [-0.4, -0.2) is 11.1 Å². The topological polar surface area (TPSA) is 55.1 Å². The quantitative estimate of drug-likeness (QED) is 0.773. The van der Waals surface area contributed by atoms with E-state index in [2.05, 4.69) is 10.5 Å². The van der Waals surface area contributed by atoms with Gasteiger partial charge in [0.25, 0.3) is 5.91 Å². The first-order valence-electron chi connectivity index (χ1n) is 7.33. The largest absolute Gasteiger partial charge is 0.360 e. The van der Waals surface area contributed by atoms with Gasteiger partial charge in [0.2, 0.25) is 0 Å². The molecule has 0 saturated carbocycles. The first-order valence-corrected chi connectivity index (χ1v) is 7.33. The van der Waals surface area contributed by atoms with Crippen molar-refractivity contribution in [2.24, 2.45) is 0 Å². The number of aryl methyl sites for hydroxylation is 1. The summed E-state index contributed by atoms with van der Waals surface area (Å²) < 4.78 is 5.29. The zero-order valence-corrected chi connectivity index (χ0v) is 12.9. The Bertz CT molecular complexity index is 829. The molecule has 0 radical (unpaired) electrons. The molecular formula is C18H18N2O2. The van der Waals surface area contributed by atoms with Crippen LogP contribution in [0.2, 0.25) is 0 Å². The molecule has 22 heavy (non-hydrogen) atoms. The van der Waals surface area contributed by atoms with Crippen LogP contribution in [0.3, 0.4) is 0 Å². The van der Waals surface area contributed by atoms with E-state index in [4.69, 9.17) is 4.52 Å². The number of hydrogen-bond donors (Lipinski definition) is 1. The van der Waals surface area contributed by atoms with Gasteiger partial charge in [-0.1, -0.05) is 55.4 Å². The fourth-order valence-corrected chi connectivity index (χ4v) is 2.58. The summed E-state index contributed by atoms with van der Waals surface area (Å²) in [5.74, 6) is 0.545. The van der Waals surface area contributed by atoms with E-state index in [1.165, 1.54) is 0 Å². The summed E-state index contributed by atoms with van der Waals surface area (Å²) in [6, 6.07) is 13.8. The smallest absolute Gasteiger partial charge is 0.261 e. The van der Waals surface area contributed by atoms with E-state index in [1.807, 2.05) is 56.3 Å². The highest BCUT2D eigenvalue weighted by Crippen LogP contribution is 2.26. The molecule has 1 amide bonds. The summed E-state index contributed by atoms with van der Waals surface area (Å²) >= 11 is 0. The van der Waals surface area contributed by atoms with Gasteiger partial charge in [0.15, 0.2) is 5.76 Å². The molecule has 1 aromatic heterocycles. The number of carbonyl (C=O) groups is 1. The van der Waals surface area contributed by atoms with Gasteiger partial charge in [-0.2, -0.15) is 0 Å². The Morgan fingerprint density at radius 3 is 2.64 bits per heavy atom. The molecule has 3 rings (SSSR count). The van der Waals surface area contributed by atoms with Crippen LogP contribution in [0, 0.1) is 6.92 Å². The minimum Gasteiger partial charge on any atom is -0.360 e. The lowest BCUT2D eigenvalue weighted by Crippen LogP contribution is -2.15. The van der Waals surface area contributed by atoms with Crippen LogP contribution in [0.1, 0.15) is 41.6 Å². The minimum atomic E-state index is -0.182. The van der Waals surface area contributed by atoms with Crippen molar-refractivity contribution in [1.29, 1.82) is 0 Å². The molecule has 3 aromatic rings. The Balaban J connectivity index is 1.99. The lowest BCUT2D eigenvalue weighted by atomic mass is 10.0. The van der Waals surface area contributed by atoms with Gasteiger partial charge >= 0.3 is 0 Å². The molecule has 0 saturated heterocycles. The SMILES string of the molecule is Cc1noc(C(C)C)c1C(=O)Nc1cccc2ccccc12. The van der Waals surface area contributed by atoms with Gasteiger partial charge in [-0.05, 0) is 18.4 Å². The van der Waals surface area contributed by atoms with Crippen LogP contribution < -0.4 is 5.32 Å². The number of carbonyl (C=O) groups excluding carboxylic acids is 1. The number of rotatable bonds is 3. The number of hydrogen-bond acceptors (Lipinski definition) is 3. The third kappa shape index (κ3) is 2.48. The molecule has 1 heterocycles. The first-order chi connectivity index (χ1) is 10.6. The number of aromatic nitrogens is 1. The van der Waals surface area contributed by atoms with E-state index < -0.39 is 0 Å². The number of anilines is 1. The van der Waals surface area contributed by atoms with Gasteiger partial charge in [-0.3, -0.25) is 4.79 Å². The summed E-state index contributed by atoms with van der Waals surface area (Å²) in [5, 5.41) is 9.01. The maximum atomic E-state index is 12.7. The van der Waals surface area contributed by atoms with Crippen molar-refractivity contribution in [2.75, 3.05) is 5.32 Å². The highest BCUT2D eigenvalue weighted by Gasteiger charge is 2.22. The van der Waals surface area contributed by atoms with Crippen molar-refractivity contribution in [2.45, 2.75) is 26.7 Å². The molecule has 2 aromatic carbocycles. The molecule has 0 fully saturated rings. The van der Waals surface area contributed by atoms with Crippen LogP contribution in [0.4, 0.5) is 5.69 Å². The maximum Gasteiger partial charge on any atom is 0.261 e. The first kappa shape index (κ1) is 14.3. The highest BCUT2D eigenvalue weighted by molar-refractivity contribution is 6.10. The molecule has 4 heteroatoms. The Labute approximate surface area is 129 Å². The van der Waals surface area contributed by atoms with Crippen LogP contribution in [0.25, 0.3) is 10.8 Å². The van der Waals surface area contributed by atoms with Crippen molar-refractivity contribution in [3.63, 3.8) is 0 Å². The van der Waals surface area contributed by atoms with Crippen LogP contribution >= 0.6 is 0 Å². The zero-order valence-electron chi connectivity index (χ0n) is 12.9. The molecular weight excluding hydrogens is 276 g/mol. The fourth-order valence-electron chi connectivity index (χ4n) is 2.58. The van der Waals surface area contributed by atoms with Crippen molar-refractivity contribution in [3.05, 3.63) is 59.5 Å². The molecule has 4 nitrogen and oxygen atoms in total. The van der Waals surface area contributed by atoms with E-state index in [0.717, 1.165) is 16.5 Å². The lowest BCUT2D eigenvalue weighted by Gasteiger charge is -2.09. The summed E-state index contributed by atoms with van der Waals surface area (Å²) in [6.07, 6.45) is 0. The standard InChI is InChI=1S/C18H18N2O2/c1-11(2)17-16(12(3)20-22-17)18(21)19-15-10-6-8-13-7-4-5-9-14(13)15/h4-11H,1-3H3,(H,19,21). The second-order valence-electron chi connectivity index (χ2n) is 5.64. The summed E-state index contributed by atoms with van der Waals surface area (Å²) in [7, 11) is 0. The fraction of sp³-hybridized carbons (Fsp3) is 0.222. The van der Waals surface area contributed by atoms with Crippen molar-refractivity contribution < 1.29 is 9.32 Å². The third-order valence-corrected chi connectivity index (χ3v) is 3.68. The highest BCUT2D eigenvalue weighted by atomic mass is 16.5. The van der Waals surface area contributed by atoms with Gasteiger partial charge in [0, 0.05) is 17.0 Å². The summed E-state index contributed by atoms with van der Waals surface area (Å²) in [6.45, 7) is 5.75. The maximum absolute atomic E-state index is 12.7. The van der Waals surface area contributed by atoms with E-state index in [1.54, 1.807) is 6.92 Å². The number of benzene rings is 2. The van der Waals surface area contributed by atoms with Crippen molar-refractivity contribution >= 4 is 22.4 Å². The van der Waals surface area contributed by atoms with Gasteiger partial charge in [0.05, 0.1) is 5.69 Å². The Hall–Kier alpha value is -2.62. The number of amides is 1. The molecule has 1 N–H and O–H groups in total. The predicted octanol–water partition coefficient (Wildman–Crippen LogP) is 4.51. The molecule has 0 unspecified atom stereocenters. The second-order valence-corrected chi connectivity index (χ2v) is 5.64. The molecule has 0 aliphatic heterocycles. The predicted molar refractivity (Wildman–Crippen MR) is 87.2 cm³/mol. The normalized spacial score (nSPS) is 11.1. The van der Waals surface area contributed by atoms with Crippen molar-refractivity contribution in [3.8, 4) is 0 Å². The Morgan fingerprint density at radius 2 is 1.86 bits per heavy atom. The Morgan fingerprint density at radius 1 is 1.14 bits per heavy atom. The van der Waals surface area contributed by atoms with Crippen LogP contribution in [0.15, 0.2) is 47.0 Å². The molecule has 112 valence electrons. The third-order valence-electron chi connectivity index (χ3n) is 3.68. The summed E-state index contributed by atoms with van der Waals surface area (Å²) in [4.78, 5) is 12.7. The molecule has 0 atom stereocenters. The van der Waals surface area contributed by atoms with Gasteiger partial charge < -0.3 is 9.84 Å². The minimum absolute atomic E-state index is 0.106. The van der Waals surface area contributed by atoms with Gasteiger partial charge in [-0.15, -0.1) is 0 Å². The average Bonchev–Trinajstić information content (AvgIpc) is 2.90.